The minimum absolute atomic E-state index is 0.153. The number of hydrogen-bond donors (Lipinski definition) is 2. The van der Waals surface area contributed by atoms with Gasteiger partial charge in [-0.3, -0.25) is 14.5 Å². The molecule has 1 aromatic carbocycles. The summed E-state index contributed by atoms with van der Waals surface area (Å²) in [5, 5.41) is 16.5. The molecule has 1 saturated heterocycles. The molecule has 2 N–H and O–H groups in total. The number of nitrogens with zero attached hydrogens (tertiary/aromatic N) is 5. The van der Waals surface area contributed by atoms with Gasteiger partial charge in [-0.25, -0.2) is 4.98 Å². The van der Waals surface area contributed by atoms with Crippen molar-refractivity contribution in [3.63, 3.8) is 0 Å². The summed E-state index contributed by atoms with van der Waals surface area (Å²) in [5.41, 5.74) is 2.32. The van der Waals surface area contributed by atoms with Crippen LogP contribution in [0.3, 0.4) is 0 Å². The average Bonchev–Trinajstić information content (AvgIpc) is 3.45. The summed E-state index contributed by atoms with van der Waals surface area (Å²) in [6.45, 7) is 3.67. The van der Waals surface area contributed by atoms with Crippen LogP contribution in [0.4, 0.5) is 16.6 Å². The molecule has 4 heterocycles. The quantitative estimate of drug-likeness (QED) is 0.604. The molecule has 164 valence electrons. The molecule has 0 aliphatic carbocycles. The molecule has 2 amide bonds. The molecule has 10 nitrogen and oxygen atoms in total. The monoisotopic (exact) mass is 451 g/mol. The van der Waals surface area contributed by atoms with Crippen LogP contribution in [0, 0.1) is 0 Å². The second kappa shape index (κ2) is 8.52. The number of rotatable bonds is 5. The summed E-state index contributed by atoms with van der Waals surface area (Å²) < 4.78 is 5.22. The van der Waals surface area contributed by atoms with E-state index in [0.717, 1.165) is 31.7 Å². The van der Waals surface area contributed by atoms with Crippen molar-refractivity contribution in [1.82, 2.24) is 20.5 Å². The molecule has 2 aliphatic rings. The van der Waals surface area contributed by atoms with E-state index in [-0.39, 0.29) is 17.5 Å². The number of carbonyl (C=O) groups excluding carboxylic acids is 2. The lowest BCUT2D eigenvalue weighted by atomic mass is 10.1. The first-order valence-electron chi connectivity index (χ1n) is 10.2. The van der Waals surface area contributed by atoms with E-state index in [1.807, 2.05) is 12.1 Å². The van der Waals surface area contributed by atoms with Gasteiger partial charge in [0.2, 0.25) is 0 Å². The average molecular weight is 452 g/mol. The Morgan fingerprint density at radius 3 is 2.91 bits per heavy atom. The van der Waals surface area contributed by atoms with Crippen molar-refractivity contribution in [2.75, 3.05) is 48.4 Å². The third-order valence-corrected chi connectivity index (χ3v) is 6.31. The number of aromatic nitrogens is 3. The van der Waals surface area contributed by atoms with Crippen LogP contribution in [0.25, 0.3) is 0 Å². The highest BCUT2D eigenvalue weighted by molar-refractivity contribution is 7.14. The molecule has 0 bridgehead atoms. The van der Waals surface area contributed by atoms with Crippen molar-refractivity contribution < 1.29 is 14.3 Å². The number of fused-ring (bicyclic) bond motifs is 1. The zero-order valence-electron chi connectivity index (χ0n) is 17.4. The minimum Gasteiger partial charge on any atom is -0.497 e. The first kappa shape index (κ1) is 20.3. The van der Waals surface area contributed by atoms with E-state index in [4.69, 9.17) is 4.74 Å². The molecule has 0 radical (unpaired) electrons. The Bertz CT molecular complexity index is 1180. The largest absolute Gasteiger partial charge is 0.497 e. The van der Waals surface area contributed by atoms with Crippen LogP contribution in [0.15, 0.2) is 35.8 Å². The van der Waals surface area contributed by atoms with Crippen molar-refractivity contribution in [2.45, 2.75) is 6.54 Å². The predicted molar refractivity (Wildman–Crippen MR) is 121 cm³/mol. The second-order valence-electron chi connectivity index (χ2n) is 7.39. The normalized spacial score (nSPS) is 15.6. The Labute approximate surface area is 188 Å². The van der Waals surface area contributed by atoms with Crippen molar-refractivity contribution >= 4 is 39.8 Å². The molecule has 2 aliphatic heterocycles. The maximum atomic E-state index is 12.9. The summed E-state index contributed by atoms with van der Waals surface area (Å²) in [5.74, 6) is 0.753. The Morgan fingerprint density at radius 1 is 1.25 bits per heavy atom. The van der Waals surface area contributed by atoms with Gasteiger partial charge in [0, 0.05) is 37.1 Å². The van der Waals surface area contributed by atoms with Crippen LogP contribution in [0.2, 0.25) is 0 Å². The van der Waals surface area contributed by atoms with E-state index in [1.165, 1.54) is 11.3 Å². The van der Waals surface area contributed by atoms with E-state index < -0.39 is 0 Å². The van der Waals surface area contributed by atoms with Crippen molar-refractivity contribution in [3.8, 4) is 5.75 Å². The Morgan fingerprint density at radius 2 is 2.09 bits per heavy atom. The van der Waals surface area contributed by atoms with Gasteiger partial charge in [-0.05, 0) is 23.8 Å². The van der Waals surface area contributed by atoms with Crippen molar-refractivity contribution in [3.05, 3.63) is 52.7 Å². The molecular weight excluding hydrogens is 430 g/mol. The maximum absolute atomic E-state index is 12.9. The zero-order chi connectivity index (χ0) is 22.1. The molecule has 5 rings (SSSR count). The number of carbonyl (C=O) groups is 2. The molecular formula is C21H21N7O3S. The van der Waals surface area contributed by atoms with E-state index >= 15 is 0 Å². The molecule has 2 aromatic heterocycles. The number of anilines is 3. The summed E-state index contributed by atoms with van der Waals surface area (Å²) >= 11 is 1.26. The fraction of sp³-hybridized carbons (Fsp3) is 0.286. The number of amides is 2. The van der Waals surface area contributed by atoms with Gasteiger partial charge >= 0.3 is 0 Å². The van der Waals surface area contributed by atoms with Crippen molar-refractivity contribution in [1.29, 1.82) is 0 Å². The lowest BCUT2D eigenvalue weighted by Gasteiger charge is -2.29. The number of ether oxygens (including phenoxy) is 1. The summed E-state index contributed by atoms with van der Waals surface area (Å²) in [6.07, 6.45) is 1.54. The third-order valence-electron chi connectivity index (χ3n) is 5.44. The van der Waals surface area contributed by atoms with E-state index in [9.17, 15) is 9.59 Å². The zero-order valence-corrected chi connectivity index (χ0v) is 18.2. The standard InChI is InChI=1S/C21H21N7O3S/c1-31-14-3-2-13-11-28(20(30)15(13)10-14)21-25-17(12-32-21)19(29)24-16-4-5-23-26-18(16)27-8-6-22-7-9-27/h2-5,10,12,22H,6-9,11H2,1H3,(H,23,24,29). The van der Waals surface area contributed by atoms with E-state index in [2.05, 4.69) is 30.7 Å². The first-order valence-corrected chi connectivity index (χ1v) is 11.0. The summed E-state index contributed by atoms with van der Waals surface area (Å²) in [7, 11) is 1.57. The lowest BCUT2D eigenvalue weighted by Crippen LogP contribution is -2.44. The van der Waals surface area contributed by atoms with Crippen LogP contribution in [-0.4, -0.2) is 60.3 Å². The van der Waals surface area contributed by atoms with Crippen LogP contribution >= 0.6 is 11.3 Å². The van der Waals surface area contributed by atoms with Crippen LogP contribution < -0.4 is 25.2 Å². The number of methoxy groups -OCH3 is 1. The summed E-state index contributed by atoms with van der Waals surface area (Å²) in [6, 6.07) is 7.16. The Hall–Kier alpha value is -3.57. The number of thiazole rings is 1. The molecule has 3 aromatic rings. The molecule has 32 heavy (non-hydrogen) atoms. The van der Waals surface area contributed by atoms with Gasteiger partial charge in [0.05, 0.1) is 25.5 Å². The number of hydrogen-bond acceptors (Lipinski definition) is 9. The molecule has 0 saturated carbocycles. The van der Waals surface area contributed by atoms with Gasteiger partial charge in [-0.2, -0.15) is 5.10 Å². The van der Waals surface area contributed by atoms with Gasteiger partial charge in [0.1, 0.15) is 11.4 Å². The highest BCUT2D eigenvalue weighted by atomic mass is 32.1. The number of nitrogens with one attached hydrogen (secondary N) is 2. The highest BCUT2D eigenvalue weighted by Crippen LogP contribution is 2.33. The number of benzene rings is 1. The topological polar surface area (TPSA) is 113 Å². The van der Waals surface area contributed by atoms with Gasteiger partial charge in [0.15, 0.2) is 10.9 Å². The van der Waals surface area contributed by atoms with Gasteiger partial charge in [-0.15, -0.1) is 16.4 Å². The van der Waals surface area contributed by atoms with Crippen LogP contribution in [0.5, 0.6) is 5.75 Å². The van der Waals surface area contributed by atoms with Gasteiger partial charge in [-0.1, -0.05) is 6.07 Å². The van der Waals surface area contributed by atoms with Crippen molar-refractivity contribution in [2.24, 2.45) is 0 Å². The third kappa shape index (κ3) is 3.76. The lowest BCUT2D eigenvalue weighted by molar-refractivity contribution is 0.0991. The molecule has 0 atom stereocenters. The van der Waals surface area contributed by atoms with E-state index in [1.54, 1.807) is 35.7 Å². The molecule has 11 heteroatoms. The SMILES string of the molecule is COc1ccc2c(c1)C(=O)N(c1nc(C(=O)Nc3ccnnc3N3CCNCC3)cs1)C2. The Balaban J connectivity index is 1.33. The fourth-order valence-electron chi connectivity index (χ4n) is 3.77. The minimum atomic E-state index is -0.359. The molecule has 0 spiro atoms. The number of piperazine rings is 1. The Kier molecular flexibility index (Phi) is 5.41. The van der Waals surface area contributed by atoms with E-state index in [0.29, 0.717) is 34.5 Å². The van der Waals surface area contributed by atoms with Gasteiger partial charge < -0.3 is 20.3 Å². The smallest absolute Gasteiger partial charge is 0.275 e. The predicted octanol–water partition coefficient (Wildman–Crippen LogP) is 1.76. The fourth-order valence-corrected chi connectivity index (χ4v) is 4.58. The highest BCUT2D eigenvalue weighted by Gasteiger charge is 2.31. The maximum Gasteiger partial charge on any atom is 0.275 e. The second-order valence-corrected chi connectivity index (χ2v) is 8.23. The summed E-state index contributed by atoms with van der Waals surface area (Å²) in [4.78, 5) is 33.8. The van der Waals surface area contributed by atoms with Gasteiger partial charge in [0.25, 0.3) is 11.8 Å². The molecule has 0 unspecified atom stereocenters. The molecule has 1 fully saturated rings. The first-order chi connectivity index (χ1) is 15.6. The van der Waals surface area contributed by atoms with Crippen LogP contribution in [0.1, 0.15) is 26.4 Å². The van der Waals surface area contributed by atoms with Crippen LogP contribution in [-0.2, 0) is 6.54 Å².